The maximum atomic E-state index is 12.9. The molecule has 0 unspecified atom stereocenters. The highest BCUT2D eigenvalue weighted by atomic mass is 16.5. The lowest BCUT2D eigenvalue weighted by atomic mass is 10.1. The third-order valence-corrected chi connectivity index (χ3v) is 5.58. The normalized spacial score (nSPS) is 10.5. The van der Waals surface area contributed by atoms with Crippen LogP contribution in [0.3, 0.4) is 0 Å². The van der Waals surface area contributed by atoms with Gasteiger partial charge in [-0.25, -0.2) is 5.43 Å². The average molecular weight is 537 g/mol. The molecule has 202 valence electrons. The zero-order chi connectivity index (χ0) is 28.2. The monoisotopic (exact) mass is 536 g/mol. The van der Waals surface area contributed by atoms with Gasteiger partial charge in [-0.3, -0.25) is 14.4 Å². The first kappa shape index (κ1) is 27.6. The lowest BCUT2D eigenvalue weighted by Gasteiger charge is -2.11. The lowest BCUT2D eigenvalue weighted by molar-refractivity contribution is -0.136. The molecule has 0 heterocycles. The molecular formula is C31H28N4O5. The highest BCUT2D eigenvalue weighted by Gasteiger charge is 2.18. The Morgan fingerprint density at radius 3 is 2.23 bits per heavy atom. The van der Waals surface area contributed by atoms with E-state index in [1.807, 2.05) is 43.3 Å². The van der Waals surface area contributed by atoms with E-state index in [1.165, 1.54) is 12.3 Å². The number of para-hydroxylation sites is 2. The molecule has 0 saturated carbocycles. The number of carbonyl (C=O) groups excluding carboxylic acids is 3. The van der Waals surface area contributed by atoms with Crippen LogP contribution in [-0.4, -0.2) is 30.5 Å². The molecule has 0 bridgehead atoms. The van der Waals surface area contributed by atoms with Crippen LogP contribution in [0.2, 0.25) is 0 Å². The van der Waals surface area contributed by atoms with Crippen LogP contribution in [-0.2, 0) is 16.2 Å². The van der Waals surface area contributed by atoms with Gasteiger partial charge in [0.25, 0.3) is 5.91 Å². The number of benzene rings is 4. The van der Waals surface area contributed by atoms with Crippen molar-refractivity contribution in [3.8, 4) is 11.5 Å². The third-order valence-electron chi connectivity index (χ3n) is 5.58. The average Bonchev–Trinajstić information content (AvgIpc) is 2.98. The quantitative estimate of drug-likeness (QED) is 0.150. The van der Waals surface area contributed by atoms with Crippen molar-refractivity contribution in [1.82, 2.24) is 5.43 Å². The molecule has 4 rings (SSSR count). The van der Waals surface area contributed by atoms with Crippen molar-refractivity contribution in [3.05, 3.63) is 120 Å². The SMILES string of the molecule is CCOc1ccc(NC(=O)c2ccccc2NC(=O)C(=O)NN=Cc2ccccc2OCc2ccccc2)cc1. The van der Waals surface area contributed by atoms with Gasteiger partial charge in [0.15, 0.2) is 0 Å². The molecule has 0 fully saturated rings. The van der Waals surface area contributed by atoms with E-state index in [4.69, 9.17) is 9.47 Å². The molecule has 4 aromatic rings. The molecule has 40 heavy (non-hydrogen) atoms. The Hall–Kier alpha value is -5.44. The van der Waals surface area contributed by atoms with Gasteiger partial charge in [-0.05, 0) is 61.0 Å². The van der Waals surface area contributed by atoms with Crippen LogP contribution >= 0.6 is 0 Å². The highest BCUT2D eigenvalue weighted by Crippen LogP contribution is 2.20. The molecule has 0 atom stereocenters. The van der Waals surface area contributed by atoms with Crippen molar-refractivity contribution < 1.29 is 23.9 Å². The minimum absolute atomic E-state index is 0.176. The summed E-state index contributed by atoms with van der Waals surface area (Å²) in [5, 5.41) is 9.14. The summed E-state index contributed by atoms with van der Waals surface area (Å²) < 4.78 is 11.3. The molecule has 0 aliphatic rings. The first-order chi connectivity index (χ1) is 19.5. The molecule has 4 aromatic carbocycles. The summed E-state index contributed by atoms with van der Waals surface area (Å²) in [5.74, 6) is -1.18. The first-order valence-corrected chi connectivity index (χ1v) is 12.6. The minimum Gasteiger partial charge on any atom is -0.494 e. The van der Waals surface area contributed by atoms with E-state index < -0.39 is 17.7 Å². The molecule has 0 aliphatic heterocycles. The Kier molecular flexibility index (Phi) is 9.60. The van der Waals surface area contributed by atoms with E-state index in [9.17, 15) is 14.4 Å². The van der Waals surface area contributed by atoms with Crippen LogP contribution in [0.5, 0.6) is 11.5 Å². The van der Waals surface area contributed by atoms with E-state index in [1.54, 1.807) is 60.7 Å². The molecule has 9 heteroatoms. The summed E-state index contributed by atoms with van der Waals surface area (Å²) in [4.78, 5) is 37.8. The van der Waals surface area contributed by atoms with Crippen molar-refractivity contribution in [2.45, 2.75) is 13.5 Å². The van der Waals surface area contributed by atoms with E-state index >= 15 is 0 Å². The van der Waals surface area contributed by atoms with Gasteiger partial charge in [-0.2, -0.15) is 5.10 Å². The molecule has 9 nitrogen and oxygen atoms in total. The van der Waals surface area contributed by atoms with Gasteiger partial charge in [0.05, 0.1) is 24.1 Å². The van der Waals surface area contributed by atoms with Crippen molar-refractivity contribution >= 4 is 35.3 Å². The van der Waals surface area contributed by atoms with Crippen LogP contribution < -0.4 is 25.5 Å². The zero-order valence-electron chi connectivity index (χ0n) is 21.8. The standard InChI is InChI=1S/C31H28N4O5/c1-2-39-25-18-16-24(17-19-25)33-29(36)26-13-7-8-14-27(26)34-30(37)31(38)35-32-20-23-12-6-9-15-28(23)40-21-22-10-4-3-5-11-22/h3-20H,2,21H2,1H3,(H,33,36)(H,34,37)(H,35,38). The summed E-state index contributed by atoms with van der Waals surface area (Å²) in [6, 6.07) is 30.2. The van der Waals surface area contributed by atoms with E-state index in [-0.39, 0.29) is 11.3 Å². The fourth-order valence-electron chi connectivity index (χ4n) is 3.63. The minimum atomic E-state index is -0.999. The number of rotatable bonds is 10. The van der Waals surface area contributed by atoms with Gasteiger partial charge in [0, 0.05) is 11.3 Å². The van der Waals surface area contributed by atoms with Crippen molar-refractivity contribution in [2.75, 3.05) is 17.2 Å². The van der Waals surface area contributed by atoms with Gasteiger partial charge in [-0.1, -0.05) is 54.6 Å². The summed E-state index contributed by atoms with van der Waals surface area (Å²) >= 11 is 0. The Morgan fingerprint density at radius 2 is 1.45 bits per heavy atom. The fourth-order valence-corrected chi connectivity index (χ4v) is 3.63. The second-order valence-electron chi connectivity index (χ2n) is 8.42. The van der Waals surface area contributed by atoms with Crippen LogP contribution in [0, 0.1) is 0 Å². The number of hydrogen-bond donors (Lipinski definition) is 3. The van der Waals surface area contributed by atoms with Crippen LogP contribution in [0.25, 0.3) is 0 Å². The largest absolute Gasteiger partial charge is 0.494 e. The summed E-state index contributed by atoms with van der Waals surface area (Å²) in [6.07, 6.45) is 1.39. The molecule has 0 spiro atoms. The number of amides is 3. The number of nitrogens with zero attached hydrogens (tertiary/aromatic N) is 1. The number of nitrogens with one attached hydrogen (secondary N) is 3. The molecular weight excluding hydrogens is 508 g/mol. The summed E-state index contributed by atoms with van der Waals surface area (Å²) in [7, 11) is 0. The van der Waals surface area contributed by atoms with Crippen LogP contribution in [0.1, 0.15) is 28.4 Å². The number of ether oxygens (including phenoxy) is 2. The maximum Gasteiger partial charge on any atom is 0.329 e. The second kappa shape index (κ2) is 13.9. The lowest BCUT2D eigenvalue weighted by Crippen LogP contribution is -2.33. The van der Waals surface area contributed by atoms with E-state index in [2.05, 4.69) is 21.2 Å². The Labute approximate surface area is 231 Å². The third kappa shape index (κ3) is 7.78. The molecule has 3 N–H and O–H groups in total. The Morgan fingerprint density at radius 1 is 0.750 bits per heavy atom. The van der Waals surface area contributed by atoms with Crippen LogP contribution in [0.4, 0.5) is 11.4 Å². The zero-order valence-corrected chi connectivity index (χ0v) is 21.8. The Bertz CT molecular complexity index is 1490. The van der Waals surface area contributed by atoms with Gasteiger partial charge >= 0.3 is 11.8 Å². The summed E-state index contributed by atoms with van der Waals surface area (Å²) in [6.45, 7) is 2.79. The maximum absolute atomic E-state index is 12.9. The van der Waals surface area contributed by atoms with Gasteiger partial charge in [0.2, 0.25) is 0 Å². The summed E-state index contributed by atoms with van der Waals surface area (Å²) in [5.41, 5.74) is 4.75. The topological polar surface area (TPSA) is 118 Å². The number of carbonyl (C=O) groups is 3. The predicted octanol–water partition coefficient (Wildman–Crippen LogP) is 5.01. The second-order valence-corrected chi connectivity index (χ2v) is 8.42. The predicted molar refractivity (Wildman–Crippen MR) is 154 cm³/mol. The Balaban J connectivity index is 1.34. The molecule has 0 saturated heterocycles. The van der Waals surface area contributed by atoms with Crippen molar-refractivity contribution in [2.24, 2.45) is 5.10 Å². The van der Waals surface area contributed by atoms with E-state index in [0.29, 0.717) is 36.0 Å². The fraction of sp³-hybridized carbons (Fsp3) is 0.0968. The van der Waals surface area contributed by atoms with Gasteiger partial charge in [-0.15, -0.1) is 0 Å². The first-order valence-electron chi connectivity index (χ1n) is 12.6. The number of hydrazone groups is 1. The van der Waals surface area contributed by atoms with Gasteiger partial charge in [0.1, 0.15) is 18.1 Å². The number of anilines is 2. The molecule has 0 radical (unpaired) electrons. The smallest absolute Gasteiger partial charge is 0.329 e. The number of hydrogen-bond acceptors (Lipinski definition) is 6. The van der Waals surface area contributed by atoms with Crippen molar-refractivity contribution in [1.29, 1.82) is 0 Å². The van der Waals surface area contributed by atoms with Gasteiger partial charge < -0.3 is 20.1 Å². The highest BCUT2D eigenvalue weighted by molar-refractivity contribution is 6.40. The molecule has 0 aliphatic carbocycles. The molecule has 0 aromatic heterocycles. The van der Waals surface area contributed by atoms with Crippen molar-refractivity contribution in [3.63, 3.8) is 0 Å². The molecule has 3 amide bonds. The van der Waals surface area contributed by atoms with Crippen LogP contribution in [0.15, 0.2) is 108 Å². The van der Waals surface area contributed by atoms with E-state index in [0.717, 1.165) is 5.56 Å².